The van der Waals surface area contributed by atoms with E-state index in [0.29, 0.717) is 28.9 Å². The molecule has 146 valence electrons. The van der Waals surface area contributed by atoms with Crippen molar-refractivity contribution in [1.82, 2.24) is 14.9 Å². The molecule has 0 aromatic carbocycles. The Morgan fingerprint density at radius 2 is 2.26 bits per heavy atom. The summed E-state index contributed by atoms with van der Waals surface area (Å²) < 4.78 is 2.40. The molecule has 1 amide bonds. The van der Waals surface area contributed by atoms with Crippen LogP contribution in [0.4, 0.5) is 0 Å². The zero-order valence-electron chi connectivity index (χ0n) is 16.0. The second-order valence-electron chi connectivity index (χ2n) is 7.34. The number of carbonyl (C=O) groups excluding carboxylic acids is 1. The molecule has 5 nitrogen and oxygen atoms in total. The van der Waals surface area contributed by atoms with Crippen molar-refractivity contribution >= 4 is 39.2 Å². The Bertz CT molecular complexity index is 883. The number of amides is 1. The van der Waals surface area contributed by atoms with Crippen LogP contribution in [0.1, 0.15) is 46.0 Å². The number of hydrogen-bond acceptors (Lipinski definition) is 5. The predicted molar refractivity (Wildman–Crippen MR) is 114 cm³/mol. The lowest BCUT2D eigenvalue weighted by Crippen LogP contribution is -2.28. The van der Waals surface area contributed by atoms with E-state index in [9.17, 15) is 9.59 Å². The monoisotopic (exact) mass is 405 g/mol. The van der Waals surface area contributed by atoms with Crippen LogP contribution in [0.2, 0.25) is 0 Å². The molecule has 1 N–H and O–H groups in total. The van der Waals surface area contributed by atoms with Crippen molar-refractivity contribution in [1.29, 1.82) is 0 Å². The Kier molecular flexibility index (Phi) is 7.13. The highest BCUT2D eigenvalue weighted by Crippen LogP contribution is 2.22. The predicted octanol–water partition coefficient (Wildman–Crippen LogP) is 4.21. The number of carbonyl (C=O) groups is 1. The third kappa shape index (κ3) is 5.45. The first-order chi connectivity index (χ1) is 13.0. The van der Waals surface area contributed by atoms with Crippen LogP contribution < -0.4 is 10.9 Å². The molecule has 27 heavy (non-hydrogen) atoms. The van der Waals surface area contributed by atoms with Gasteiger partial charge >= 0.3 is 0 Å². The van der Waals surface area contributed by atoms with Crippen LogP contribution in [0.5, 0.6) is 0 Å². The van der Waals surface area contributed by atoms with Gasteiger partial charge in [-0.2, -0.15) is 0 Å². The van der Waals surface area contributed by atoms with Crippen molar-refractivity contribution in [2.75, 3.05) is 12.3 Å². The van der Waals surface area contributed by atoms with Gasteiger partial charge in [0, 0.05) is 13.1 Å². The highest BCUT2D eigenvalue weighted by molar-refractivity contribution is 7.99. The molecule has 7 heteroatoms. The molecule has 0 bridgehead atoms. The van der Waals surface area contributed by atoms with Gasteiger partial charge in [-0.1, -0.05) is 37.3 Å². The summed E-state index contributed by atoms with van der Waals surface area (Å²) in [5.41, 5.74) is 2.18. The van der Waals surface area contributed by atoms with E-state index < -0.39 is 0 Å². The first-order valence-corrected chi connectivity index (χ1v) is 11.5. The summed E-state index contributed by atoms with van der Waals surface area (Å²) in [5.74, 6) is 0.602. The Morgan fingerprint density at radius 1 is 1.41 bits per heavy atom. The minimum absolute atomic E-state index is 0.00385. The van der Waals surface area contributed by atoms with Gasteiger partial charge in [0.25, 0.3) is 5.56 Å². The first kappa shape index (κ1) is 20.1. The number of thiophene rings is 1. The smallest absolute Gasteiger partial charge is 0.272 e. The van der Waals surface area contributed by atoms with Crippen molar-refractivity contribution in [2.45, 2.75) is 57.7 Å². The van der Waals surface area contributed by atoms with Crippen LogP contribution in [0.15, 0.2) is 33.0 Å². The molecule has 0 aliphatic heterocycles. The molecule has 0 fully saturated rings. The van der Waals surface area contributed by atoms with E-state index in [0.717, 1.165) is 18.4 Å². The fourth-order valence-corrected chi connectivity index (χ4v) is 4.85. The van der Waals surface area contributed by atoms with Crippen LogP contribution in [-0.4, -0.2) is 27.8 Å². The molecular weight excluding hydrogens is 378 g/mol. The fraction of sp³-hybridized carbons (Fsp3) is 0.550. The van der Waals surface area contributed by atoms with Crippen molar-refractivity contribution < 1.29 is 4.79 Å². The quantitative estimate of drug-likeness (QED) is 0.406. The highest BCUT2D eigenvalue weighted by atomic mass is 32.2. The molecule has 2 aromatic rings. The third-order valence-electron chi connectivity index (χ3n) is 4.56. The summed E-state index contributed by atoms with van der Waals surface area (Å²) in [6, 6.07) is 1.86. The maximum Gasteiger partial charge on any atom is 0.272 e. The maximum absolute atomic E-state index is 12.8. The lowest BCUT2D eigenvalue weighted by Gasteiger charge is -2.14. The molecule has 1 aliphatic carbocycles. The van der Waals surface area contributed by atoms with Crippen molar-refractivity contribution in [3.05, 3.63) is 33.4 Å². The third-order valence-corrected chi connectivity index (χ3v) is 6.43. The van der Waals surface area contributed by atoms with Crippen LogP contribution >= 0.6 is 23.1 Å². The zero-order chi connectivity index (χ0) is 19.2. The van der Waals surface area contributed by atoms with Gasteiger partial charge in [-0.15, -0.1) is 11.3 Å². The average Bonchev–Trinajstić information content (AvgIpc) is 3.12. The molecule has 3 rings (SSSR count). The number of allylic oxidation sites excluding steroid dienone is 1. The number of fused-ring (bicyclic) bond motifs is 1. The summed E-state index contributed by atoms with van der Waals surface area (Å²) in [6.45, 7) is 5.44. The minimum Gasteiger partial charge on any atom is -0.355 e. The molecule has 0 spiro atoms. The second-order valence-corrected chi connectivity index (χ2v) is 9.19. The zero-order valence-corrected chi connectivity index (χ0v) is 17.6. The molecule has 2 heterocycles. The van der Waals surface area contributed by atoms with Gasteiger partial charge in [-0.3, -0.25) is 14.2 Å². The van der Waals surface area contributed by atoms with Gasteiger partial charge in [0.15, 0.2) is 5.16 Å². The van der Waals surface area contributed by atoms with Crippen LogP contribution in [0.25, 0.3) is 10.2 Å². The minimum atomic E-state index is -0.00725. The molecule has 0 saturated heterocycles. The van der Waals surface area contributed by atoms with Gasteiger partial charge in [0.05, 0.1) is 11.3 Å². The second kappa shape index (κ2) is 9.55. The number of aromatic nitrogens is 2. The molecular formula is C20H27N3O2S2. The number of rotatable bonds is 8. The number of thioether (sulfide) groups is 1. The summed E-state index contributed by atoms with van der Waals surface area (Å²) in [6.07, 6.45) is 8.13. The molecule has 1 aliphatic rings. The highest BCUT2D eigenvalue weighted by Gasteiger charge is 2.15. The Morgan fingerprint density at radius 3 is 3.00 bits per heavy atom. The van der Waals surface area contributed by atoms with E-state index in [4.69, 9.17) is 0 Å². The molecule has 0 atom stereocenters. The normalized spacial score (nSPS) is 14.6. The van der Waals surface area contributed by atoms with Crippen LogP contribution in [0.3, 0.4) is 0 Å². The number of hydrogen-bond donors (Lipinski definition) is 1. The standard InChI is InChI=1S/C20H27N3O2S2/c1-14(2)12-23-19(25)18-16(9-11-26-18)22-20(23)27-13-17(24)21-10-8-15-6-4-3-5-7-15/h6,9,11,14H,3-5,7-8,10,12-13H2,1-2H3,(H,21,24). The number of nitrogens with zero attached hydrogens (tertiary/aromatic N) is 2. The fourth-order valence-electron chi connectivity index (χ4n) is 3.24. The van der Waals surface area contributed by atoms with Gasteiger partial charge in [-0.05, 0) is 49.5 Å². The summed E-state index contributed by atoms with van der Waals surface area (Å²) in [5, 5.41) is 5.51. The lowest BCUT2D eigenvalue weighted by atomic mass is 9.97. The van der Waals surface area contributed by atoms with Crippen molar-refractivity contribution in [3.63, 3.8) is 0 Å². The summed E-state index contributed by atoms with van der Waals surface area (Å²) >= 11 is 2.77. The Labute approximate surface area is 168 Å². The van der Waals surface area contributed by atoms with E-state index >= 15 is 0 Å². The summed E-state index contributed by atoms with van der Waals surface area (Å²) in [7, 11) is 0. The summed E-state index contributed by atoms with van der Waals surface area (Å²) in [4.78, 5) is 29.6. The number of nitrogens with one attached hydrogen (secondary N) is 1. The average molecular weight is 406 g/mol. The van der Waals surface area contributed by atoms with Crippen molar-refractivity contribution in [3.8, 4) is 0 Å². The van der Waals surface area contributed by atoms with E-state index in [1.165, 1.54) is 47.9 Å². The lowest BCUT2D eigenvalue weighted by molar-refractivity contribution is -0.118. The molecule has 2 aromatic heterocycles. The van der Waals surface area contributed by atoms with Crippen molar-refractivity contribution in [2.24, 2.45) is 5.92 Å². The van der Waals surface area contributed by atoms with Gasteiger partial charge in [0.1, 0.15) is 4.70 Å². The maximum atomic E-state index is 12.8. The van der Waals surface area contributed by atoms with Gasteiger partial charge in [0.2, 0.25) is 5.91 Å². The van der Waals surface area contributed by atoms with Crippen LogP contribution in [0, 0.1) is 5.92 Å². The molecule has 0 unspecified atom stereocenters. The van der Waals surface area contributed by atoms with Gasteiger partial charge in [-0.25, -0.2) is 4.98 Å². The first-order valence-electron chi connectivity index (χ1n) is 9.60. The Hall–Kier alpha value is -1.60. The van der Waals surface area contributed by atoms with E-state index in [1.807, 2.05) is 11.4 Å². The molecule has 0 radical (unpaired) electrons. The van der Waals surface area contributed by atoms with Gasteiger partial charge < -0.3 is 5.32 Å². The largest absolute Gasteiger partial charge is 0.355 e. The Balaban J connectivity index is 1.60. The SMILES string of the molecule is CC(C)Cn1c(SCC(=O)NCCC2=CCCCC2)nc2ccsc2c1=O. The molecule has 0 saturated carbocycles. The van der Waals surface area contributed by atoms with E-state index in [2.05, 4.69) is 30.2 Å². The van der Waals surface area contributed by atoms with E-state index in [1.54, 1.807) is 4.57 Å². The van der Waals surface area contributed by atoms with Crippen LogP contribution in [-0.2, 0) is 11.3 Å². The van der Waals surface area contributed by atoms with E-state index in [-0.39, 0.29) is 17.2 Å². The topological polar surface area (TPSA) is 64.0 Å².